The highest BCUT2D eigenvalue weighted by Crippen LogP contribution is 2.28. The monoisotopic (exact) mass is 347 g/mol. The lowest BCUT2D eigenvalue weighted by Gasteiger charge is -2.18. The van der Waals surface area contributed by atoms with E-state index in [0.29, 0.717) is 24.2 Å². The van der Waals surface area contributed by atoms with Crippen LogP contribution in [-0.2, 0) is 9.59 Å². The van der Waals surface area contributed by atoms with Crippen LogP contribution >= 0.6 is 0 Å². The molecule has 1 aliphatic rings. The second kappa shape index (κ2) is 6.48. The Morgan fingerprint density at radius 1 is 1.12 bits per heavy atom. The fourth-order valence-corrected chi connectivity index (χ4v) is 2.88. The number of rotatable bonds is 3. The molecule has 4 rings (SSSR count). The molecule has 130 valence electrons. The van der Waals surface area contributed by atoms with Gasteiger partial charge in [0.05, 0.1) is 0 Å². The first-order valence-electron chi connectivity index (χ1n) is 8.34. The zero-order valence-corrected chi connectivity index (χ0v) is 14.2. The molecule has 0 aliphatic carbocycles. The smallest absolute Gasteiger partial charge is 0.271 e. The van der Waals surface area contributed by atoms with Crippen molar-refractivity contribution in [2.24, 2.45) is 5.10 Å². The summed E-state index contributed by atoms with van der Waals surface area (Å²) in [6.45, 7) is 0. The van der Waals surface area contributed by atoms with Crippen molar-refractivity contribution in [2.45, 2.75) is 12.8 Å². The Labute approximate surface area is 150 Å². The highest BCUT2D eigenvalue weighted by molar-refractivity contribution is 6.43. The largest absolute Gasteiger partial charge is 0.456 e. The van der Waals surface area contributed by atoms with Gasteiger partial charge in [0.25, 0.3) is 5.91 Å². The zero-order valence-electron chi connectivity index (χ0n) is 14.2. The van der Waals surface area contributed by atoms with Crippen molar-refractivity contribution in [1.82, 2.24) is 5.01 Å². The molecule has 2 heterocycles. The van der Waals surface area contributed by atoms with Gasteiger partial charge in [-0.3, -0.25) is 9.59 Å². The van der Waals surface area contributed by atoms with Gasteiger partial charge in [-0.1, -0.05) is 18.2 Å². The molecule has 2 aromatic carbocycles. The van der Waals surface area contributed by atoms with Crippen LogP contribution < -0.4 is 5.32 Å². The van der Waals surface area contributed by atoms with Crippen molar-refractivity contribution in [3.63, 3.8) is 0 Å². The Kier molecular flexibility index (Phi) is 4.01. The summed E-state index contributed by atoms with van der Waals surface area (Å²) < 4.78 is 5.85. The van der Waals surface area contributed by atoms with Crippen LogP contribution in [0.1, 0.15) is 12.8 Å². The second-order valence-corrected chi connectivity index (χ2v) is 6.14. The van der Waals surface area contributed by atoms with Crippen LogP contribution in [0.15, 0.2) is 64.1 Å². The fourth-order valence-electron chi connectivity index (χ4n) is 2.88. The van der Waals surface area contributed by atoms with Crippen molar-refractivity contribution in [1.29, 1.82) is 0 Å². The first kappa shape index (κ1) is 16.1. The maximum atomic E-state index is 12.3. The van der Waals surface area contributed by atoms with E-state index in [2.05, 4.69) is 10.4 Å². The van der Waals surface area contributed by atoms with Crippen LogP contribution in [0.4, 0.5) is 5.69 Å². The van der Waals surface area contributed by atoms with Crippen molar-refractivity contribution >= 4 is 34.2 Å². The molecule has 1 aliphatic heterocycles. The van der Waals surface area contributed by atoms with Crippen LogP contribution in [0.25, 0.3) is 22.3 Å². The number of nitrogens with one attached hydrogen (secondary N) is 1. The molecular formula is C20H17N3O3. The van der Waals surface area contributed by atoms with Crippen molar-refractivity contribution in [2.75, 3.05) is 12.4 Å². The Balaban J connectivity index is 1.50. The average Bonchev–Trinajstić information content (AvgIpc) is 3.08. The van der Waals surface area contributed by atoms with Gasteiger partial charge < -0.3 is 9.73 Å². The molecule has 0 saturated carbocycles. The van der Waals surface area contributed by atoms with Crippen LogP contribution in [0.2, 0.25) is 0 Å². The molecule has 0 radical (unpaired) electrons. The Morgan fingerprint density at radius 3 is 2.62 bits per heavy atom. The standard InChI is InChI=1S/C20H17N3O3/c1-23-19(24)11-10-16(22-23)20(25)21-15-8-6-13(7-9-15)18-12-14-4-2-3-5-17(14)26-18/h2-9,12H,10-11H2,1H3,(H,21,25). The summed E-state index contributed by atoms with van der Waals surface area (Å²) in [5.41, 5.74) is 2.79. The van der Waals surface area contributed by atoms with E-state index >= 15 is 0 Å². The number of hydrogen-bond donors (Lipinski definition) is 1. The lowest BCUT2D eigenvalue weighted by molar-refractivity contribution is -0.130. The van der Waals surface area contributed by atoms with Gasteiger partial charge in [-0.05, 0) is 36.4 Å². The molecule has 0 atom stereocenters. The third-order valence-corrected chi connectivity index (χ3v) is 4.32. The van der Waals surface area contributed by atoms with E-state index in [1.165, 1.54) is 5.01 Å². The minimum absolute atomic E-state index is 0.0864. The normalized spacial score (nSPS) is 14.4. The number of benzene rings is 2. The zero-order chi connectivity index (χ0) is 18.1. The van der Waals surface area contributed by atoms with Gasteiger partial charge in [0.15, 0.2) is 0 Å². The molecule has 0 bridgehead atoms. The summed E-state index contributed by atoms with van der Waals surface area (Å²) in [6, 6.07) is 17.3. The van der Waals surface area contributed by atoms with Gasteiger partial charge in [-0.25, -0.2) is 5.01 Å². The number of carbonyl (C=O) groups is 2. The lowest BCUT2D eigenvalue weighted by Crippen LogP contribution is -2.34. The molecule has 3 aromatic rings. The minimum Gasteiger partial charge on any atom is -0.456 e. The number of carbonyl (C=O) groups excluding carboxylic acids is 2. The third-order valence-electron chi connectivity index (χ3n) is 4.32. The quantitative estimate of drug-likeness (QED) is 0.786. The second-order valence-electron chi connectivity index (χ2n) is 6.14. The first-order valence-corrected chi connectivity index (χ1v) is 8.34. The molecule has 26 heavy (non-hydrogen) atoms. The van der Waals surface area contributed by atoms with Crippen LogP contribution in [0.5, 0.6) is 0 Å². The molecule has 0 saturated heterocycles. The topological polar surface area (TPSA) is 74.9 Å². The van der Waals surface area contributed by atoms with Gasteiger partial charge in [0.2, 0.25) is 5.91 Å². The van der Waals surface area contributed by atoms with E-state index in [1.54, 1.807) is 7.05 Å². The van der Waals surface area contributed by atoms with Crippen molar-refractivity contribution in [3.8, 4) is 11.3 Å². The molecule has 6 nitrogen and oxygen atoms in total. The summed E-state index contributed by atoms with van der Waals surface area (Å²) in [4.78, 5) is 23.7. The summed E-state index contributed by atoms with van der Waals surface area (Å²) >= 11 is 0. The maximum absolute atomic E-state index is 12.3. The number of fused-ring (bicyclic) bond motifs is 1. The summed E-state index contributed by atoms with van der Waals surface area (Å²) in [5.74, 6) is 0.401. The van der Waals surface area contributed by atoms with Gasteiger partial charge >= 0.3 is 0 Å². The first-order chi connectivity index (χ1) is 12.6. The molecule has 1 aromatic heterocycles. The predicted octanol–water partition coefficient (Wildman–Crippen LogP) is 3.65. The molecule has 2 amide bonds. The molecule has 0 spiro atoms. The Bertz CT molecular complexity index is 985. The van der Waals surface area contributed by atoms with Gasteiger partial charge in [0, 0.05) is 36.5 Å². The highest BCUT2D eigenvalue weighted by Gasteiger charge is 2.22. The maximum Gasteiger partial charge on any atom is 0.271 e. The molecule has 1 N–H and O–H groups in total. The van der Waals surface area contributed by atoms with E-state index in [0.717, 1.165) is 22.3 Å². The molecule has 0 fully saturated rings. The Morgan fingerprint density at radius 2 is 1.88 bits per heavy atom. The van der Waals surface area contributed by atoms with Gasteiger partial charge in [-0.2, -0.15) is 5.10 Å². The number of furan rings is 1. The van der Waals surface area contributed by atoms with E-state index in [4.69, 9.17) is 4.42 Å². The summed E-state index contributed by atoms with van der Waals surface area (Å²) in [5, 5.41) is 9.10. The van der Waals surface area contributed by atoms with E-state index < -0.39 is 0 Å². The summed E-state index contributed by atoms with van der Waals surface area (Å²) in [7, 11) is 1.55. The predicted molar refractivity (Wildman–Crippen MR) is 99.7 cm³/mol. The van der Waals surface area contributed by atoms with E-state index in [1.807, 2.05) is 54.6 Å². The third kappa shape index (κ3) is 3.09. The summed E-state index contributed by atoms with van der Waals surface area (Å²) in [6.07, 6.45) is 0.653. The number of para-hydroxylation sites is 1. The van der Waals surface area contributed by atoms with Crippen molar-refractivity contribution < 1.29 is 14.0 Å². The van der Waals surface area contributed by atoms with Crippen molar-refractivity contribution in [3.05, 3.63) is 54.6 Å². The Hall–Kier alpha value is -3.41. The van der Waals surface area contributed by atoms with Gasteiger partial charge in [-0.15, -0.1) is 0 Å². The van der Waals surface area contributed by atoms with E-state index in [9.17, 15) is 9.59 Å². The molecular weight excluding hydrogens is 330 g/mol. The van der Waals surface area contributed by atoms with Crippen LogP contribution in [-0.4, -0.2) is 29.6 Å². The van der Waals surface area contributed by atoms with E-state index in [-0.39, 0.29) is 11.8 Å². The molecule has 6 heteroatoms. The lowest BCUT2D eigenvalue weighted by atomic mass is 10.1. The molecule has 0 unspecified atom stereocenters. The number of hydrogen-bond acceptors (Lipinski definition) is 4. The number of amides is 2. The van der Waals surface area contributed by atoms with Crippen LogP contribution in [0.3, 0.4) is 0 Å². The number of hydrazone groups is 1. The highest BCUT2D eigenvalue weighted by atomic mass is 16.3. The average molecular weight is 347 g/mol. The SMILES string of the molecule is CN1N=C(C(=O)Nc2ccc(-c3cc4ccccc4o3)cc2)CCC1=O. The number of anilines is 1. The minimum atomic E-state index is -0.291. The van der Waals surface area contributed by atoms with Crippen LogP contribution in [0, 0.1) is 0 Å². The number of nitrogens with zero attached hydrogens (tertiary/aromatic N) is 2. The fraction of sp³-hybridized carbons (Fsp3) is 0.150. The van der Waals surface area contributed by atoms with Gasteiger partial charge in [0.1, 0.15) is 17.1 Å².